The number of nitrogens with zero attached hydrogens (tertiary/aromatic N) is 4. The number of para-hydroxylation sites is 1. The Morgan fingerprint density at radius 2 is 1.02 bits per heavy atom. The van der Waals surface area contributed by atoms with Gasteiger partial charge in [0.15, 0.2) is 11.6 Å². The van der Waals surface area contributed by atoms with Crippen molar-refractivity contribution in [1.82, 2.24) is 15.0 Å². The molecule has 2 heterocycles. The predicted molar refractivity (Wildman–Crippen MR) is 175 cm³/mol. The summed E-state index contributed by atoms with van der Waals surface area (Å²) in [7, 11) is 0. The Hall–Kier alpha value is -5.09. The molecular weight excluding hydrogens is 524 g/mol. The van der Waals surface area contributed by atoms with E-state index in [1.807, 2.05) is 36.4 Å². The fourth-order valence-electron chi connectivity index (χ4n) is 7.15. The van der Waals surface area contributed by atoms with Gasteiger partial charge in [0.1, 0.15) is 0 Å². The maximum atomic E-state index is 5.22. The zero-order chi connectivity index (χ0) is 29.3. The third-order valence-corrected chi connectivity index (χ3v) is 9.30. The second kappa shape index (κ2) is 9.20. The summed E-state index contributed by atoms with van der Waals surface area (Å²) < 4.78 is 0. The Morgan fingerprint density at radius 3 is 1.67 bits per heavy atom. The van der Waals surface area contributed by atoms with Crippen molar-refractivity contribution in [2.24, 2.45) is 0 Å². The second-order valence-corrected chi connectivity index (χ2v) is 12.5. The molecule has 1 aliphatic carbocycles. The van der Waals surface area contributed by atoms with E-state index in [0.29, 0.717) is 17.6 Å². The maximum absolute atomic E-state index is 5.22. The molecule has 0 atom stereocenters. The van der Waals surface area contributed by atoms with Gasteiger partial charge in [0, 0.05) is 22.0 Å². The van der Waals surface area contributed by atoms with Crippen molar-refractivity contribution in [3.63, 3.8) is 0 Å². The summed E-state index contributed by atoms with van der Waals surface area (Å²) in [5.41, 5.74) is 11.5. The second-order valence-electron chi connectivity index (χ2n) is 12.5. The van der Waals surface area contributed by atoms with Crippen LogP contribution in [0.25, 0.3) is 33.9 Å². The quantitative estimate of drug-likeness (QED) is 0.218. The summed E-state index contributed by atoms with van der Waals surface area (Å²) in [6, 6.07) is 42.6. The Labute approximate surface area is 252 Å². The van der Waals surface area contributed by atoms with Crippen molar-refractivity contribution < 1.29 is 0 Å². The minimum Gasteiger partial charge on any atom is -0.278 e. The van der Waals surface area contributed by atoms with Gasteiger partial charge in [0.25, 0.3) is 0 Å². The SMILES string of the molecule is CC1(C)c2ccccc2N(c2nc(-c3ccccc3)nc(-c3ccccc3)n2)c2c1ccc1c2C(C)(C)c2ccccc2-1. The summed E-state index contributed by atoms with van der Waals surface area (Å²) in [5, 5.41) is 0. The van der Waals surface area contributed by atoms with Gasteiger partial charge in [0.05, 0.1) is 11.4 Å². The fraction of sp³-hybridized carbons (Fsp3) is 0.154. The molecule has 0 saturated heterocycles. The van der Waals surface area contributed by atoms with Crippen molar-refractivity contribution in [2.75, 3.05) is 4.90 Å². The lowest BCUT2D eigenvalue weighted by atomic mass is 9.70. The zero-order valence-corrected chi connectivity index (χ0v) is 24.8. The molecule has 6 aromatic rings. The minimum absolute atomic E-state index is 0.213. The van der Waals surface area contributed by atoms with Gasteiger partial charge in [-0.3, -0.25) is 4.90 Å². The molecule has 0 unspecified atom stereocenters. The van der Waals surface area contributed by atoms with Crippen LogP contribution in [0.2, 0.25) is 0 Å². The smallest absolute Gasteiger partial charge is 0.238 e. The van der Waals surface area contributed by atoms with Crippen LogP contribution in [0.15, 0.2) is 121 Å². The molecule has 5 aromatic carbocycles. The molecule has 0 amide bonds. The lowest BCUT2D eigenvalue weighted by molar-refractivity contribution is 0.616. The fourth-order valence-corrected chi connectivity index (χ4v) is 7.15. The molecule has 4 heteroatoms. The first-order valence-electron chi connectivity index (χ1n) is 14.9. The Bertz CT molecular complexity index is 1970. The number of aromatic nitrogens is 3. The first kappa shape index (κ1) is 25.6. The molecule has 1 aliphatic heterocycles. The van der Waals surface area contributed by atoms with Crippen LogP contribution in [0, 0.1) is 0 Å². The molecule has 1 aromatic heterocycles. The van der Waals surface area contributed by atoms with Crippen LogP contribution >= 0.6 is 0 Å². The molecule has 0 bridgehead atoms. The summed E-state index contributed by atoms with van der Waals surface area (Å²) >= 11 is 0. The van der Waals surface area contributed by atoms with Crippen LogP contribution < -0.4 is 4.90 Å². The van der Waals surface area contributed by atoms with E-state index in [0.717, 1.165) is 16.8 Å². The van der Waals surface area contributed by atoms with E-state index in [-0.39, 0.29) is 10.8 Å². The molecule has 0 saturated carbocycles. The van der Waals surface area contributed by atoms with E-state index in [1.54, 1.807) is 0 Å². The standard InChI is InChI=1S/C39H32N4/c1-38(2)30-21-13-14-22-32(30)43(34-31(38)24-23-28-27-19-11-12-20-29(27)39(3,4)33(28)34)37-41-35(25-15-7-5-8-16-25)40-36(42-37)26-17-9-6-10-18-26/h5-24H,1-4H3. The molecule has 0 N–H and O–H groups in total. The normalized spacial score (nSPS) is 15.3. The molecule has 0 spiro atoms. The van der Waals surface area contributed by atoms with Crippen molar-refractivity contribution in [2.45, 2.75) is 38.5 Å². The summed E-state index contributed by atoms with van der Waals surface area (Å²) in [5.74, 6) is 1.93. The van der Waals surface area contributed by atoms with Gasteiger partial charge in [-0.05, 0) is 39.4 Å². The maximum Gasteiger partial charge on any atom is 0.238 e. The average molecular weight is 557 g/mol. The number of rotatable bonds is 3. The first-order chi connectivity index (χ1) is 20.9. The Morgan fingerprint density at radius 1 is 0.465 bits per heavy atom. The lowest BCUT2D eigenvalue weighted by Crippen LogP contribution is -2.34. The number of anilines is 3. The van der Waals surface area contributed by atoms with E-state index in [9.17, 15) is 0 Å². The highest BCUT2D eigenvalue weighted by Gasteiger charge is 2.45. The zero-order valence-electron chi connectivity index (χ0n) is 24.8. The van der Waals surface area contributed by atoms with E-state index >= 15 is 0 Å². The molecule has 2 aliphatic rings. The molecule has 43 heavy (non-hydrogen) atoms. The van der Waals surface area contributed by atoms with Crippen molar-refractivity contribution in [3.05, 3.63) is 144 Å². The number of hydrogen-bond donors (Lipinski definition) is 0. The highest BCUT2D eigenvalue weighted by Crippen LogP contribution is 2.60. The number of hydrogen-bond acceptors (Lipinski definition) is 4. The summed E-state index contributed by atoms with van der Waals surface area (Å²) in [4.78, 5) is 17.8. The van der Waals surface area contributed by atoms with E-state index < -0.39 is 0 Å². The van der Waals surface area contributed by atoms with Gasteiger partial charge in [0.2, 0.25) is 5.95 Å². The predicted octanol–water partition coefficient (Wildman–Crippen LogP) is 9.62. The van der Waals surface area contributed by atoms with Gasteiger partial charge < -0.3 is 0 Å². The highest BCUT2D eigenvalue weighted by molar-refractivity contribution is 5.94. The van der Waals surface area contributed by atoms with Gasteiger partial charge in [-0.25, -0.2) is 4.98 Å². The summed E-state index contributed by atoms with van der Waals surface area (Å²) in [6.45, 7) is 9.37. The molecular formula is C39H32N4. The average Bonchev–Trinajstić information content (AvgIpc) is 3.28. The van der Waals surface area contributed by atoms with E-state index in [4.69, 9.17) is 15.0 Å². The minimum atomic E-state index is -0.222. The topological polar surface area (TPSA) is 41.9 Å². The lowest BCUT2D eigenvalue weighted by Gasteiger charge is -2.43. The molecule has 208 valence electrons. The van der Waals surface area contributed by atoms with Crippen molar-refractivity contribution in [1.29, 1.82) is 0 Å². The van der Waals surface area contributed by atoms with Crippen LogP contribution in [0.4, 0.5) is 17.3 Å². The Kier molecular flexibility index (Phi) is 5.48. The van der Waals surface area contributed by atoms with E-state index in [1.165, 1.54) is 39.1 Å². The van der Waals surface area contributed by atoms with Gasteiger partial charge >= 0.3 is 0 Å². The number of fused-ring (bicyclic) bond motifs is 6. The third-order valence-electron chi connectivity index (χ3n) is 9.30. The third kappa shape index (κ3) is 3.72. The van der Waals surface area contributed by atoms with Crippen LogP contribution in [0.1, 0.15) is 49.9 Å². The van der Waals surface area contributed by atoms with Crippen molar-refractivity contribution >= 4 is 17.3 Å². The van der Waals surface area contributed by atoms with Gasteiger partial charge in [-0.1, -0.05) is 143 Å². The van der Waals surface area contributed by atoms with Crippen LogP contribution in [0.5, 0.6) is 0 Å². The summed E-state index contributed by atoms with van der Waals surface area (Å²) in [6.07, 6.45) is 0. The molecule has 8 rings (SSSR count). The molecule has 0 fully saturated rings. The van der Waals surface area contributed by atoms with Crippen LogP contribution in [-0.2, 0) is 10.8 Å². The highest BCUT2D eigenvalue weighted by atomic mass is 15.3. The van der Waals surface area contributed by atoms with Gasteiger partial charge in [-0.2, -0.15) is 9.97 Å². The molecule has 4 nitrogen and oxygen atoms in total. The van der Waals surface area contributed by atoms with Crippen LogP contribution in [-0.4, -0.2) is 15.0 Å². The van der Waals surface area contributed by atoms with Gasteiger partial charge in [-0.15, -0.1) is 0 Å². The first-order valence-corrected chi connectivity index (χ1v) is 14.9. The molecule has 0 radical (unpaired) electrons. The van der Waals surface area contributed by atoms with Crippen molar-refractivity contribution in [3.8, 4) is 33.9 Å². The Balaban J connectivity index is 1.47. The number of benzene rings is 5. The largest absolute Gasteiger partial charge is 0.278 e. The van der Waals surface area contributed by atoms with Crippen LogP contribution in [0.3, 0.4) is 0 Å². The van der Waals surface area contributed by atoms with E-state index in [2.05, 4.69) is 118 Å². The monoisotopic (exact) mass is 556 g/mol.